The number of hydrogen-bond acceptors (Lipinski definition) is 4. The van der Waals surface area contributed by atoms with Gasteiger partial charge in [-0.25, -0.2) is 9.37 Å². The third kappa shape index (κ3) is 7.32. The van der Waals surface area contributed by atoms with Gasteiger partial charge in [-0.2, -0.15) is 0 Å². The van der Waals surface area contributed by atoms with Crippen molar-refractivity contribution >= 4 is 50.3 Å². The van der Waals surface area contributed by atoms with Crippen LogP contribution < -0.4 is 5.32 Å². The monoisotopic (exact) mass is 638 g/mol. The SMILES string of the molecule is Cc1c(-c2ccccc2)nc2ccc(Br)cc2c1C(=O)NCC(C)(CCC(=O)OC(C)(C)C)c1cc(F)ccc1Cl. The van der Waals surface area contributed by atoms with Gasteiger partial charge in [-0.1, -0.05) is 64.8 Å². The van der Waals surface area contributed by atoms with Gasteiger partial charge in [-0.05, 0) is 81.6 Å². The fraction of sp³-hybridized carbons (Fsp3) is 0.303. The van der Waals surface area contributed by atoms with Crippen LogP contribution in [-0.2, 0) is 14.9 Å². The van der Waals surface area contributed by atoms with Crippen LogP contribution in [0.25, 0.3) is 22.2 Å². The minimum absolute atomic E-state index is 0.0683. The number of amides is 1. The Bertz CT molecular complexity index is 1600. The maximum atomic E-state index is 14.4. The highest BCUT2D eigenvalue weighted by Crippen LogP contribution is 2.36. The Hall–Kier alpha value is -3.29. The number of carbonyl (C=O) groups is 2. The minimum atomic E-state index is -0.870. The highest BCUT2D eigenvalue weighted by molar-refractivity contribution is 9.10. The number of halogens is 3. The van der Waals surface area contributed by atoms with Crippen molar-refractivity contribution < 1.29 is 18.7 Å². The zero-order chi connectivity index (χ0) is 29.9. The van der Waals surface area contributed by atoms with Gasteiger partial charge < -0.3 is 10.1 Å². The first-order valence-electron chi connectivity index (χ1n) is 13.4. The molecule has 214 valence electrons. The summed E-state index contributed by atoms with van der Waals surface area (Å²) >= 11 is 10.1. The molecule has 4 aromatic rings. The number of nitrogens with zero attached hydrogens (tertiary/aromatic N) is 1. The molecule has 0 spiro atoms. The molecule has 8 heteroatoms. The maximum absolute atomic E-state index is 14.4. The van der Waals surface area contributed by atoms with Crippen LogP contribution in [0.1, 0.15) is 62.0 Å². The fourth-order valence-corrected chi connectivity index (χ4v) is 5.62. The summed E-state index contributed by atoms with van der Waals surface area (Å²) in [5.41, 5.74) is 2.53. The first-order chi connectivity index (χ1) is 19.3. The molecular weight excluding hydrogens is 607 g/mol. The summed E-state index contributed by atoms with van der Waals surface area (Å²) in [6.07, 6.45) is 0.348. The normalized spacial score (nSPS) is 13.1. The molecule has 1 aromatic heterocycles. The molecule has 1 heterocycles. The van der Waals surface area contributed by atoms with Gasteiger partial charge >= 0.3 is 5.97 Å². The van der Waals surface area contributed by atoms with E-state index in [2.05, 4.69) is 21.2 Å². The van der Waals surface area contributed by atoms with Crippen LogP contribution in [0, 0.1) is 12.7 Å². The van der Waals surface area contributed by atoms with Crippen LogP contribution in [0.3, 0.4) is 0 Å². The Morgan fingerprint density at radius 3 is 2.41 bits per heavy atom. The Labute approximate surface area is 253 Å². The Kier molecular flexibility index (Phi) is 9.19. The lowest BCUT2D eigenvalue weighted by Crippen LogP contribution is -2.40. The standard InChI is InChI=1S/C33H33BrClFN2O3/c1-20-29(24-17-22(34)11-14-27(24)38-30(20)21-9-7-6-8-10-21)31(40)37-19-33(5,16-15-28(39)41-32(2,3)4)25-18-23(36)12-13-26(25)35/h6-14,17-18H,15-16,19H2,1-5H3,(H,37,40). The van der Waals surface area contributed by atoms with E-state index in [9.17, 15) is 14.0 Å². The molecule has 0 radical (unpaired) electrons. The number of carbonyl (C=O) groups excluding carboxylic acids is 2. The van der Waals surface area contributed by atoms with Crippen molar-refractivity contribution in [3.05, 3.63) is 98.7 Å². The van der Waals surface area contributed by atoms with E-state index in [1.807, 2.05) is 62.4 Å². The Morgan fingerprint density at radius 2 is 1.73 bits per heavy atom. The number of pyridine rings is 1. The fourth-order valence-electron chi connectivity index (χ4n) is 4.91. The average Bonchev–Trinajstić information content (AvgIpc) is 2.91. The number of esters is 1. The highest BCUT2D eigenvalue weighted by Gasteiger charge is 2.32. The average molecular weight is 640 g/mol. The number of hydrogen-bond donors (Lipinski definition) is 1. The van der Waals surface area contributed by atoms with Crippen LogP contribution in [0.2, 0.25) is 5.02 Å². The van der Waals surface area contributed by atoms with E-state index < -0.39 is 16.8 Å². The van der Waals surface area contributed by atoms with E-state index in [0.29, 0.717) is 32.7 Å². The number of nitrogens with one attached hydrogen (secondary N) is 1. The molecule has 0 aliphatic carbocycles. The van der Waals surface area contributed by atoms with E-state index in [1.165, 1.54) is 18.2 Å². The first kappa shape index (κ1) is 30.7. The molecule has 0 bridgehead atoms. The predicted molar refractivity (Wildman–Crippen MR) is 166 cm³/mol. The van der Waals surface area contributed by atoms with E-state index in [1.54, 1.807) is 20.8 Å². The molecule has 1 unspecified atom stereocenters. The van der Waals surface area contributed by atoms with Gasteiger partial charge in [0.1, 0.15) is 11.4 Å². The number of rotatable bonds is 8. The summed E-state index contributed by atoms with van der Waals surface area (Å²) in [4.78, 5) is 31.5. The lowest BCUT2D eigenvalue weighted by molar-refractivity contribution is -0.155. The molecule has 4 rings (SSSR count). The third-order valence-electron chi connectivity index (χ3n) is 6.98. The summed E-state index contributed by atoms with van der Waals surface area (Å²) in [7, 11) is 0. The van der Waals surface area contributed by atoms with Crippen molar-refractivity contribution in [3.63, 3.8) is 0 Å². The van der Waals surface area contributed by atoms with Crippen LogP contribution in [0.15, 0.2) is 71.2 Å². The first-order valence-corrected chi connectivity index (χ1v) is 14.6. The Morgan fingerprint density at radius 1 is 1.02 bits per heavy atom. The number of fused-ring (bicyclic) bond motifs is 1. The van der Waals surface area contributed by atoms with Gasteiger partial charge in [-0.15, -0.1) is 0 Å². The molecule has 41 heavy (non-hydrogen) atoms. The molecule has 0 aliphatic rings. The van der Waals surface area contributed by atoms with Gasteiger partial charge in [-0.3, -0.25) is 9.59 Å². The topological polar surface area (TPSA) is 68.3 Å². The second kappa shape index (κ2) is 12.3. The highest BCUT2D eigenvalue weighted by atomic mass is 79.9. The largest absolute Gasteiger partial charge is 0.460 e. The second-order valence-corrected chi connectivity index (χ2v) is 12.8. The van der Waals surface area contributed by atoms with Gasteiger partial charge in [0.05, 0.1) is 16.8 Å². The van der Waals surface area contributed by atoms with Crippen molar-refractivity contribution in [2.45, 2.75) is 58.5 Å². The molecule has 1 N–H and O–H groups in total. The summed E-state index contributed by atoms with van der Waals surface area (Å²) in [6, 6.07) is 19.5. The molecule has 5 nitrogen and oxygen atoms in total. The van der Waals surface area contributed by atoms with Gasteiger partial charge in [0, 0.05) is 38.8 Å². The summed E-state index contributed by atoms with van der Waals surface area (Å²) in [5, 5.41) is 4.13. The third-order valence-corrected chi connectivity index (χ3v) is 7.81. The lowest BCUT2D eigenvalue weighted by Gasteiger charge is -2.32. The van der Waals surface area contributed by atoms with Crippen molar-refractivity contribution in [2.75, 3.05) is 6.54 Å². The van der Waals surface area contributed by atoms with E-state index in [0.717, 1.165) is 15.6 Å². The number of ether oxygens (including phenoxy) is 1. The molecule has 1 atom stereocenters. The van der Waals surface area contributed by atoms with E-state index in [-0.39, 0.29) is 31.3 Å². The van der Waals surface area contributed by atoms with Crippen LogP contribution in [0.4, 0.5) is 4.39 Å². The van der Waals surface area contributed by atoms with Crippen molar-refractivity contribution in [3.8, 4) is 11.3 Å². The zero-order valence-corrected chi connectivity index (χ0v) is 26.1. The molecule has 0 fully saturated rings. The van der Waals surface area contributed by atoms with Gasteiger partial charge in [0.2, 0.25) is 0 Å². The summed E-state index contributed by atoms with van der Waals surface area (Å²) in [6.45, 7) is 9.26. The van der Waals surface area contributed by atoms with Gasteiger partial charge in [0.25, 0.3) is 5.91 Å². The summed E-state index contributed by atoms with van der Waals surface area (Å²) in [5.74, 6) is -1.13. The van der Waals surface area contributed by atoms with E-state index in [4.69, 9.17) is 21.3 Å². The molecule has 3 aromatic carbocycles. The molecule has 0 saturated carbocycles. The number of aromatic nitrogens is 1. The lowest BCUT2D eigenvalue weighted by atomic mass is 9.78. The predicted octanol–water partition coefficient (Wildman–Crippen LogP) is 8.57. The Balaban J connectivity index is 1.72. The maximum Gasteiger partial charge on any atom is 0.306 e. The van der Waals surface area contributed by atoms with Crippen molar-refractivity contribution in [1.29, 1.82) is 0 Å². The van der Waals surface area contributed by atoms with Crippen LogP contribution in [0.5, 0.6) is 0 Å². The molecule has 0 aliphatic heterocycles. The van der Waals surface area contributed by atoms with Gasteiger partial charge in [0.15, 0.2) is 0 Å². The minimum Gasteiger partial charge on any atom is -0.460 e. The smallest absolute Gasteiger partial charge is 0.306 e. The number of benzene rings is 3. The molecule has 0 saturated heterocycles. The zero-order valence-electron chi connectivity index (χ0n) is 23.8. The van der Waals surface area contributed by atoms with Crippen LogP contribution in [-0.4, -0.2) is 29.0 Å². The quantitative estimate of drug-likeness (QED) is 0.196. The molecule has 1 amide bonds. The second-order valence-electron chi connectivity index (χ2n) is 11.4. The van der Waals surface area contributed by atoms with Crippen molar-refractivity contribution in [2.24, 2.45) is 0 Å². The van der Waals surface area contributed by atoms with Crippen molar-refractivity contribution in [1.82, 2.24) is 10.3 Å². The van der Waals surface area contributed by atoms with E-state index >= 15 is 0 Å². The molecular formula is C33H33BrClFN2O3. The summed E-state index contributed by atoms with van der Waals surface area (Å²) < 4.78 is 20.7. The van der Waals surface area contributed by atoms with Crippen LogP contribution >= 0.6 is 27.5 Å².